The van der Waals surface area contributed by atoms with Gasteiger partial charge in [-0.3, -0.25) is 0 Å². The van der Waals surface area contributed by atoms with Crippen molar-refractivity contribution >= 4 is 16.6 Å². The van der Waals surface area contributed by atoms with E-state index >= 15 is 0 Å². The second kappa shape index (κ2) is 11.5. The fraction of sp³-hybridized carbons (Fsp3) is 0.188. The summed E-state index contributed by atoms with van der Waals surface area (Å²) < 4.78 is 7.56. The minimum atomic E-state index is -0.588. The number of hydrogen-bond acceptors (Lipinski definition) is 3. The Morgan fingerprint density at radius 1 is 0.838 bits per heavy atom. The lowest BCUT2D eigenvalue weighted by Gasteiger charge is -2.19. The molecule has 1 heterocycles. The van der Waals surface area contributed by atoms with E-state index in [9.17, 15) is 5.11 Å². The third kappa shape index (κ3) is 5.51. The van der Waals surface area contributed by atoms with Crippen molar-refractivity contribution in [3.8, 4) is 28.1 Å². The first-order valence-corrected chi connectivity index (χ1v) is 12.4. The summed E-state index contributed by atoms with van der Waals surface area (Å²) in [7, 11) is 1.66. The second-order valence-corrected chi connectivity index (χ2v) is 9.31. The Labute approximate surface area is 225 Å². The largest absolute Gasteiger partial charge is 1.00 e. The molecule has 0 saturated carbocycles. The van der Waals surface area contributed by atoms with Crippen LogP contribution in [0.2, 0.25) is 0 Å². The van der Waals surface area contributed by atoms with Gasteiger partial charge in [-0.1, -0.05) is 72.3 Å². The van der Waals surface area contributed by atoms with Gasteiger partial charge >= 0.3 is 0 Å². The molecule has 0 spiro atoms. The summed E-state index contributed by atoms with van der Waals surface area (Å²) in [6.07, 6.45) is -0.588. The molecule has 0 fully saturated rings. The molecule has 0 radical (unpaired) electrons. The maximum absolute atomic E-state index is 11.2. The van der Waals surface area contributed by atoms with Crippen molar-refractivity contribution in [2.75, 3.05) is 19.0 Å². The van der Waals surface area contributed by atoms with Gasteiger partial charge in [-0.05, 0) is 60.9 Å². The van der Waals surface area contributed by atoms with Crippen LogP contribution in [0, 0.1) is 13.8 Å². The van der Waals surface area contributed by atoms with Gasteiger partial charge in [-0.15, -0.1) is 0 Å². The molecule has 0 saturated heterocycles. The molecular formula is C32H32ClN2O2-. The Bertz CT molecular complexity index is 1460. The minimum Gasteiger partial charge on any atom is -1.00 e. The van der Waals surface area contributed by atoms with Crippen molar-refractivity contribution < 1.29 is 22.3 Å². The molecule has 0 amide bonds. The van der Waals surface area contributed by atoms with Gasteiger partial charge in [-0.25, -0.2) is 0 Å². The van der Waals surface area contributed by atoms with Crippen molar-refractivity contribution in [2.24, 2.45) is 0 Å². The average molecular weight is 512 g/mol. The van der Waals surface area contributed by atoms with Crippen LogP contribution in [0.25, 0.3) is 33.3 Å². The van der Waals surface area contributed by atoms with Crippen molar-refractivity contribution in [1.82, 2.24) is 4.57 Å². The fourth-order valence-electron chi connectivity index (χ4n) is 5.08. The molecule has 5 aromatic rings. The number of aromatic nitrogens is 1. The maximum Gasteiger partial charge on any atom is 0.119 e. The van der Waals surface area contributed by atoms with E-state index in [-0.39, 0.29) is 12.4 Å². The number of hydrogen-bond donors (Lipinski definition) is 2. The third-order valence-corrected chi connectivity index (χ3v) is 6.63. The summed E-state index contributed by atoms with van der Waals surface area (Å²) >= 11 is 0. The molecule has 37 heavy (non-hydrogen) atoms. The molecule has 0 aliphatic rings. The van der Waals surface area contributed by atoms with E-state index in [1.54, 1.807) is 7.11 Å². The van der Waals surface area contributed by atoms with E-state index in [1.165, 1.54) is 33.2 Å². The van der Waals surface area contributed by atoms with Gasteiger partial charge in [0.1, 0.15) is 5.75 Å². The zero-order valence-corrected chi connectivity index (χ0v) is 22.2. The Hall–Kier alpha value is -3.73. The van der Waals surface area contributed by atoms with Gasteiger partial charge in [0.2, 0.25) is 0 Å². The van der Waals surface area contributed by atoms with E-state index in [0.29, 0.717) is 13.1 Å². The first-order chi connectivity index (χ1) is 17.5. The molecule has 2 N–H and O–H groups in total. The zero-order chi connectivity index (χ0) is 25.1. The van der Waals surface area contributed by atoms with Crippen LogP contribution in [0.5, 0.6) is 5.75 Å². The number of methoxy groups -OCH3 is 1. The molecule has 0 bridgehead atoms. The number of aliphatic hydroxyl groups is 1. The van der Waals surface area contributed by atoms with Crippen LogP contribution >= 0.6 is 0 Å². The number of rotatable bonds is 8. The van der Waals surface area contributed by atoms with E-state index in [4.69, 9.17) is 4.74 Å². The minimum absolute atomic E-state index is 0. The standard InChI is InChI=1S/C32H32N2O2.ClH/c1-22-18-23(2)31-29(19-22)30(24-10-6-4-7-11-24)32(25-12-8-5-9-13-25)34(31)21-27(35)20-33-26-14-16-28(36-3)17-15-26;/h4-19,27,33,35H,20-21H2,1-3H3;1H/p-1. The number of nitrogens with one attached hydrogen (secondary N) is 1. The highest BCUT2D eigenvalue weighted by molar-refractivity contribution is 6.06. The Morgan fingerprint density at radius 2 is 1.46 bits per heavy atom. The van der Waals surface area contributed by atoms with Gasteiger partial charge in [0, 0.05) is 23.2 Å². The van der Waals surface area contributed by atoms with Gasteiger partial charge in [0.05, 0.1) is 31.0 Å². The van der Waals surface area contributed by atoms with E-state index < -0.39 is 6.10 Å². The quantitative estimate of drug-likeness (QED) is 0.330. The summed E-state index contributed by atoms with van der Waals surface area (Å²) in [4.78, 5) is 0. The van der Waals surface area contributed by atoms with Crippen molar-refractivity contribution in [2.45, 2.75) is 26.5 Å². The molecule has 1 unspecified atom stereocenters. The van der Waals surface area contributed by atoms with Crippen molar-refractivity contribution in [3.63, 3.8) is 0 Å². The predicted octanol–water partition coefficient (Wildman–Crippen LogP) is 4.08. The lowest BCUT2D eigenvalue weighted by molar-refractivity contribution is -0.00000953. The zero-order valence-electron chi connectivity index (χ0n) is 21.4. The van der Waals surface area contributed by atoms with Crippen LogP contribution in [-0.2, 0) is 6.54 Å². The summed E-state index contributed by atoms with van der Waals surface area (Å²) in [5, 5.41) is 15.8. The Kier molecular flexibility index (Phi) is 8.22. The summed E-state index contributed by atoms with van der Waals surface area (Å²) in [5.74, 6) is 0.812. The first kappa shape index (κ1) is 26.3. The van der Waals surface area contributed by atoms with Gasteiger partial charge < -0.3 is 32.1 Å². The monoisotopic (exact) mass is 511 g/mol. The van der Waals surface area contributed by atoms with Crippen LogP contribution in [0.4, 0.5) is 5.69 Å². The van der Waals surface area contributed by atoms with Crippen LogP contribution in [0.1, 0.15) is 11.1 Å². The first-order valence-electron chi connectivity index (χ1n) is 12.4. The number of anilines is 1. The number of fused-ring (bicyclic) bond motifs is 1. The Balaban J connectivity index is 0.00000320. The number of benzene rings is 4. The van der Waals surface area contributed by atoms with Gasteiger partial charge in [-0.2, -0.15) is 0 Å². The number of aliphatic hydroxyl groups excluding tert-OH is 1. The van der Waals surface area contributed by atoms with E-state index in [1.807, 2.05) is 30.3 Å². The predicted molar refractivity (Wildman–Crippen MR) is 150 cm³/mol. The number of nitrogens with zero attached hydrogens (tertiary/aromatic N) is 1. The molecule has 4 aromatic carbocycles. The molecule has 5 rings (SSSR count). The third-order valence-electron chi connectivity index (χ3n) is 6.63. The highest BCUT2D eigenvalue weighted by atomic mass is 35.5. The van der Waals surface area contributed by atoms with Crippen LogP contribution in [-0.4, -0.2) is 29.4 Å². The topological polar surface area (TPSA) is 46.4 Å². The molecule has 0 aliphatic heterocycles. The highest BCUT2D eigenvalue weighted by Gasteiger charge is 2.23. The maximum atomic E-state index is 11.2. The summed E-state index contributed by atoms with van der Waals surface area (Å²) in [6.45, 7) is 5.22. The highest BCUT2D eigenvalue weighted by Crippen LogP contribution is 2.42. The lowest BCUT2D eigenvalue weighted by Crippen LogP contribution is -3.00. The van der Waals surface area contributed by atoms with Gasteiger partial charge in [0.25, 0.3) is 0 Å². The average Bonchev–Trinajstić information content (AvgIpc) is 3.22. The number of halogens is 1. The van der Waals surface area contributed by atoms with Crippen LogP contribution in [0.3, 0.4) is 0 Å². The Morgan fingerprint density at radius 3 is 2.08 bits per heavy atom. The second-order valence-electron chi connectivity index (χ2n) is 9.31. The molecule has 4 nitrogen and oxygen atoms in total. The fourth-order valence-corrected chi connectivity index (χ4v) is 5.08. The van der Waals surface area contributed by atoms with Crippen molar-refractivity contribution in [1.29, 1.82) is 0 Å². The SMILES string of the molecule is COc1ccc(NCC(O)Cn2c(-c3ccccc3)c(-c3ccccc3)c3cc(C)cc(C)c32)cc1.[Cl-]. The number of aryl methyl sites for hydroxylation is 2. The van der Waals surface area contributed by atoms with E-state index in [2.05, 4.69) is 90.5 Å². The van der Waals surface area contributed by atoms with Crippen LogP contribution in [0.15, 0.2) is 97.1 Å². The molecule has 1 atom stereocenters. The normalized spacial score (nSPS) is 11.7. The lowest BCUT2D eigenvalue weighted by atomic mass is 9.97. The molecule has 190 valence electrons. The summed E-state index contributed by atoms with van der Waals surface area (Å²) in [6, 6.07) is 33.3. The summed E-state index contributed by atoms with van der Waals surface area (Å²) in [5.41, 5.74) is 9.22. The number of ether oxygens (including phenoxy) is 1. The molecule has 0 aliphatic carbocycles. The molecule has 1 aromatic heterocycles. The molecular weight excluding hydrogens is 480 g/mol. The van der Waals surface area contributed by atoms with Gasteiger partial charge in [0.15, 0.2) is 0 Å². The smallest absolute Gasteiger partial charge is 0.119 e. The molecule has 5 heteroatoms. The van der Waals surface area contributed by atoms with Crippen molar-refractivity contribution in [3.05, 3.63) is 108 Å². The van der Waals surface area contributed by atoms with Crippen LogP contribution < -0.4 is 22.5 Å². The van der Waals surface area contributed by atoms with E-state index in [0.717, 1.165) is 22.7 Å².